The van der Waals surface area contributed by atoms with Crippen LogP contribution < -0.4 is 0 Å². The molecule has 3 nitrogen and oxygen atoms in total. The van der Waals surface area contributed by atoms with Crippen molar-refractivity contribution in [1.29, 1.82) is 0 Å². The predicted molar refractivity (Wildman–Crippen MR) is 39.6 cm³/mol. The van der Waals surface area contributed by atoms with Crippen molar-refractivity contribution in [2.24, 2.45) is 0 Å². The van der Waals surface area contributed by atoms with Crippen molar-refractivity contribution in [2.45, 2.75) is 12.3 Å². The minimum absolute atomic E-state index is 0.299. The van der Waals surface area contributed by atoms with E-state index in [-0.39, 0.29) is 5.56 Å². The third kappa shape index (κ3) is 2.09. The summed E-state index contributed by atoms with van der Waals surface area (Å²) < 4.78 is 36.9. The Morgan fingerprint density at radius 3 is 2.62 bits per heavy atom. The zero-order valence-electron chi connectivity index (χ0n) is 6.49. The Balaban J connectivity index is 2.89. The second kappa shape index (κ2) is 3.21. The van der Waals surface area contributed by atoms with Crippen molar-refractivity contribution < 1.29 is 18.3 Å². The fraction of sp³-hybridized carbons (Fsp3) is 0.286. The summed E-state index contributed by atoms with van der Waals surface area (Å²) in [6.07, 6.45) is -3.91. The third-order valence-electron chi connectivity index (χ3n) is 1.43. The summed E-state index contributed by atoms with van der Waals surface area (Å²) in [5, 5.41) is 12.3. The molecule has 1 atom stereocenters. The summed E-state index contributed by atoms with van der Waals surface area (Å²) in [7, 11) is 0. The van der Waals surface area contributed by atoms with Crippen LogP contribution in [0.25, 0.3) is 6.20 Å². The SMILES string of the molecule is C=Cn1cc(C(O)C(F)(F)F)cn1. The zero-order valence-corrected chi connectivity index (χ0v) is 6.49. The van der Waals surface area contributed by atoms with Gasteiger partial charge in [0.25, 0.3) is 0 Å². The number of hydrogen-bond acceptors (Lipinski definition) is 2. The Bertz CT molecular complexity index is 305. The van der Waals surface area contributed by atoms with Crippen LogP contribution in [-0.4, -0.2) is 21.1 Å². The van der Waals surface area contributed by atoms with Gasteiger partial charge in [-0.1, -0.05) is 6.58 Å². The molecule has 0 aliphatic rings. The molecule has 0 amide bonds. The van der Waals surface area contributed by atoms with E-state index in [4.69, 9.17) is 5.11 Å². The molecular formula is C7H7F3N2O. The fourth-order valence-corrected chi connectivity index (χ4v) is 0.783. The van der Waals surface area contributed by atoms with Gasteiger partial charge in [-0.15, -0.1) is 0 Å². The lowest BCUT2D eigenvalue weighted by Crippen LogP contribution is -2.19. The van der Waals surface area contributed by atoms with E-state index in [1.165, 1.54) is 6.20 Å². The van der Waals surface area contributed by atoms with Crippen molar-refractivity contribution in [2.75, 3.05) is 0 Å². The van der Waals surface area contributed by atoms with E-state index in [1.54, 1.807) is 0 Å². The summed E-state index contributed by atoms with van der Waals surface area (Å²) in [6.45, 7) is 3.30. The van der Waals surface area contributed by atoms with Crippen molar-refractivity contribution in [3.8, 4) is 0 Å². The molecule has 0 aliphatic heterocycles. The Morgan fingerprint density at radius 1 is 1.62 bits per heavy atom. The standard InChI is InChI=1S/C7H7F3N2O/c1-2-12-4-5(3-11-12)6(13)7(8,9)10/h2-4,6,13H,1H2. The Morgan fingerprint density at radius 2 is 2.23 bits per heavy atom. The summed E-state index contributed by atoms with van der Waals surface area (Å²) in [4.78, 5) is 0. The molecule has 1 N–H and O–H groups in total. The van der Waals surface area contributed by atoms with Crippen molar-refractivity contribution in [1.82, 2.24) is 9.78 Å². The van der Waals surface area contributed by atoms with Gasteiger partial charge in [0.2, 0.25) is 0 Å². The average Bonchev–Trinajstić information content (AvgIpc) is 2.48. The second-order valence-corrected chi connectivity index (χ2v) is 2.38. The number of aliphatic hydroxyl groups excluding tert-OH is 1. The van der Waals surface area contributed by atoms with Crippen LogP contribution in [0.2, 0.25) is 0 Å². The van der Waals surface area contributed by atoms with Gasteiger partial charge in [-0.3, -0.25) is 0 Å². The molecule has 6 heteroatoms. The van der Waals surface area contributed by atoms with Gasteiger partial charge >= 0.3 is 6.18 Å². The molecule has 0 radical (unpaired) electrons. The van der Waals surface area contributed by atoms with Crippen LogP contribution in [0.4, 0.5) is 13.2 Å². The molecule has 1 rings (SSSR count). The van der Waals surface area contributed by atoms with E-state index in [1.807, 2.05) is 0 Å². The van der Waals surface area contributed by atoms with Crippen LogP contribution in [0.5, 0.6) is 0 Å². The van der Waals surface area contributed by atoms with Gasteiger partial charge in [-0.25, -0.2) is 4.68 Å². The first kappa shape index (κ1) is 9.79. The predicted octanol–water partition coefficient (Wildman–Crippen LogP) is 1.58. The number of hydrogen-bond donors (Lipinski definition) is 1. The Kier molecular flexibility index (Phi) is 2.42. The van der Waals surface area contributed by atoms with Gasteiger partial charge in [0.1, 0.15) is 0 Å². The van der Waals surface area contributed by atoms with Crippen LogP contribution >= 0.6 is 0 Å². The van der Waals surface area contributed by atoms with E-state index in [0.29, 0.717) is 0 Å². The van der Waals surface area contributed by atoms with Crippen LogP contribution in [0.15, 0.2) is 19.0 Å². The van der Waals surface area contributed by atoms with Gasteiger partial charge in [0.05, 0.1) is 6.20 Å². The van der Waals surface area contributed by atoms with E-state index in [2.05, 4.69) is 11.7 Å². The maximum atomic E-state index is 11.9. The molecule has 0 bridgehead atoms. The Labute approximate surface area is 72.1 Å². The normalized spacial score (nSPS) is 14.2. The van der Waals surface area contributed by atoms with Crippen LogP contribution in [0, 0.1) is 0 Å². The maximum absolute atomic E-state index is 11.9. The highest BCUT2D eigenvalue weighted by molar-refractivity contribution is 5.19. The second-order valence-electron chi connectivity index (χ2n) is 2.38. The van der Waals surface area contributed by atoms with Gasteiger partial charge in [-0.2, -0.15) is 18.3 Å². The largest absolute Gasteiger partial charge is 0.418 e. The summed E-state index contributed by atoms with van der Waals surface area (Å²) in [5.41, 5.74) is -0.299. The lowest BCUT2D eigenvalue weighted by atomic mass is 10.2. The minimum Gasteiger partial charge on any atom is -0.379 e. The van der Waals surface area contributed by atoms with Gasteiger partial charge in [0.15, 0.2) is 6.10 Å². The van der Waals surface area contributed by atoms with Crippen LogP contribution in [-0.2, 0) is 0 Å². The van der Waals surface area contributed by atoms with E-state index in [9.17, 15) is 13.2 Å². The van der Waals surface area contributed by atoms with Crippen LogP contribution in [0.1, 0.15) is 11.7 Å². The highest BCUT2D eigenvalue weighted by atomic mass is 19.4. The molecule has 0 saturated heterocycles. The Hall–Kier alpha value is -1.30. The fourth-order valence-electron chi connectivity index (χ4n) is 0.783. The molecule has 0 fully saturated rings. The highest BCUT2D eigenvalue weighted by Crippen LogP contribution is 2.31. The van der Waals surface area contributed by atoms with Gasteiger partial charge in [0, 0.05) is 18.0 Å². The average molecular weight is 192 g/mol. The lowest BCUT2D eigenvalue weighted by molar-refractivity contribution is -0.206. The molecule has 1 heterocycles. The van der Waals surface area contributed by atoms with E-state index in [0.717, 1.165) is 17.1 Å². The number of halogens is 3. The van der Waals surface area contributed by atoms with Crippen molar-refractivity contribution in [3.05, 3.63) is 24.5 Å². The maximum Gasteiger partial charge on any atom is 0.418 e. The van der Waals surface area contributed by atoms with E-state index >= 15 is 0 Å². The highest BCUT2D eigenvalue weighted by Gasteiger charge is 2.39. The van der Waals surface area contributed by atoms with E-state index < -0.39 is 12.3 Å². The number of aromatic nitrogens is 2. The minimum atomic E-state index is -4.66. The molecule has 1 unspecified atom stereocenters. The molecule has 72 valence electrons. The first-order chi connectivity index (χ1) is 5.95. The zero-order chi connectivity index (χ0) is 10.1. The van der Waals surface area contributed by atoms with Crippen molar-refractivity contribution >= 4 is 6.20 Å². The molecule has 0 aliphatic carbocycles. The summed E-state index contributed by atoms with van der Waals surface area (Å²) >= 11 is 0. The molecule has 13 heavy (non-hydrogen) atoms. The monoisotopic (exact) mass is 192 g/mol. The van der Waals surface area contributed by atoms with Gasteiger partial charge < -0.3 is 5.11 Å². The van der Waals surface area contributed by atoms with Gasteiger partial charge in [-0.05, 0) is 0 Å². The molecular weight excluding hydrogens is 185 g/mol. The first-order valence-electron chi connectivity index (χ1n) is 3.36. The summed E-state index contributed by atoms with van der Waals surface area (Å²) in [6, 6.07) is 0. The number of alkyl halides is 3. The number of nitrogens with zero attached hydrogens (tertiary/aromatic N) is 2. The number of aliphatic hydroxyl groups is 1. The summed E-state index contributed by atoms with van der Waals surface area (Å²) in [5.74, 6) is 0. The topological polar surface area (TPSA) is 38.0 Å². The quantitative estimate of drug-likeness (QED) is 0.772. The molecule has 1 aromatic heterocycles. The third-order valence-corrected chi connectivity index (χ3v) is 1.43. The van der Waals surface area contributed by atoms with Crippen molar-refractivity contribution in [3.63, 3.8) is 0 Å². The smallest absolute Gasteiger partial charge is 0.379 e. The molecule has 0 aromatic carbocycles. The van der Waals surface area contributed by atoms with Crippen LogP contribution in [0.3, 0.4) is 0 Å². The molecule has 0 spiro atoms. The molecule has 0 saturated carbocycles. The number of rotatable bonds is 2. The molecule has 1 aromatic rings. The first-order valence-corrected chi connectivity index (χ1v) is 3.36. The lowest BCUT2D eigenvalue weighted by Gasteiger charge is -2.11.